The minimum atomic E-state index is 0.232. The van der Waals surface area contributed by atoms with E-state index in [-0.39, 0.29) is 5.92 Å². The first-order valence-corrected chi connectivity index (χ1v) is 10.5. The summed E-state index contributed by atoms with van der Waals surface area (Å²) in [5.74, 6) is 0.232. The van der Waals surface area contributed by atoms with Crippen LogP contribution in [0.15, 0.2) is 109 Å². The first kappa shape index (κ1) is 18.4. The number of fused-ring (bicyclic) bond motifs is 2. The van der Waals surface area contributed by atoms with Gasteiger partial charge >= 0.3 is 0 Å². The van der Waals surface area contributed by atoms with E-state index in [9.17, 15) is 0 Å². The van der Waals surface area contributed by atoms with Gasteiger partial charge in [-0.25, -0.2) is 0 Å². The van der Waals surface area contributed by atoms with Crippen LogP contribution in [-0.2, 0) is 0 Å². The van der Waals surface area contributed by atoms with E-state index in [1.807, 2.05) is 6.07 Å². The van der Waals surface area contributed by atoms with Crippen LogP contribution in [-0.4, -0.2) is 11.5 Å². The highest BCUT2D eigenvalue weighted by molar-refractivity contribution is 5.83. The Balaban J connectivity index is 1.49. The quantitative estimate of drug-likeness (QED) is 0.338. The Morgan fingerprint density at radius 1 is 0.633 bits per heavy atom. The molecule has 1 atom stereocenters. The molecule has 0 unspecified atom stereocenters. The van der Waals surface area contributed by atoms with Gasteiger partial charge in [0.05, 0.1) is 5.52 Å². The smallest absolute Gasteiger partial charge is 0.0705 e. The molecule has 0 radical (unpaired) electrons. The molecule has 0 spiro atoms. The number of para-hydroxylation sites is 2. The predicted molar refractivity (Wildman–Crippen MR) is 127 cm³/mol. The van der Waals surface area contributed by atoms with Crippen LogP contribution in [0.3, 0.4) is 0 Å². The Kier molecular flexibility index (Phi) is 5.14. The van der Waals surface area contributed by atoms with E-state index in [0.717, 1.165) is 29.9 Å². The van der Waals surface area contributed by atoms with Crippen molar-refractivity contribution < 1.29 is 0 Å². The lowest BCUT2D eigenvalue weighted by Gasteiger charge is -2.19. The number of nitrogens with zero attached hydrogens (tertiary/aromatic N) is 1. The lowest BCUT2D eigenvalue weighted by atomic mass is 9.90. The zero-order valence-corrected chi connectivity index (χ0v) is 16.8. The van der Waals surface area contributed by atoms with Gasteiger partial charge < -0.3 is 5.32 Å². The van der Waals surface area contributed by atoms with Crippen molar-refractivity contribution in [1.29, 1.82) is 0 Å². The van der Waals surface area contributed by atoms with Gasteiger partial charge in [-0.15, -0.1) is 0 Å². The number of anilines is 1. The van der Waals surface area contributed by atoms with Gasteiger partial charge in [0.15, 0.2) is 0 Å². The molecule has 0 bridgehead atoms. The number of nitrogens with one attached hydrogen (secondary N) is 1. The van der Waals surface area contributed by atoms with Gasteiger partial charge in [0, 0.05) is 29.2 Å². The maximum absolute atomic E-state index is 5.03. The molecule has 0 amide bonds. The van der Waals surface area contributed by atoms with Gasteiger partial charge in [0.25, 0.3) is 0 Å². The highest BCUT2D eigenvalue weighted by Gasteiger charge is 2.16. The van der Waals surface area contributed by atoms with E-state index in [2.05, 4.69) is 108 Å². The first-order chi connectivity index (χ1) is 14.9. The Morgan fingerprint density at radius 2 is 1.33 bits per heavy atom. The van der Waals surface area contributed by atoms with Crippen LogP contribution >= 0.6 is 0 Å². The van der Waals surface area contributed by atoms with Crippen LogP contribution in [0.1, 0.15) is 23.6 Å². The molecule has 5 aromatic rings. The summed E-state index contributed by atoms with van der Waals surface area (Å²) < 4.78 is 0. The Labute approximate surface area is 177 Å². The van der Waals surface area contributed by atoms with Crippen LogP contribution < -0.4 is 5.32 Å². The van der Waals surface area contributed by atoms with Crippen LogP contribution in [0.2, 0.25) is 0 Å². The second-order valence-corrected chi connectivity index (χ2v) is 7.67. The zero-order chi connectivity index (χ0) is 20.2. The topological polar surface area (TPSA) is 24.9 Å². The summed E-state index contributed by atoms with van der Waals surface area (Å²) in [7, 11) is 0. The molecular formula is C28H24N2. The molecule has 0 saturated heterocycles. The summed E-state index contributed by atoms with van der Waals surface area (Å²) in [6, 6.07) is 38.5. The van der Waals surface area contributed by atoms with Gasteiger partial charge in [0.2, 0.25) is 0 Å². The molecule has 0 aliphatic carbocycles. The van der Waals surface area contributed by atoms with Crippen LogP contribution in [0.4, 0.5) is 5.69 Å². The summed E-state index contributed by atoms with van der Waals surface area (Å²) in [5.41, 5.74) is 4.64. The average molecular weight is 389 g/mol. The van der Waals surface area contributed by atoms with Crippen molar-refractivity contribution in [2.45, 2.75) is 12.3 Å². The molecule has 0 aliphatic heterocycles. The fourth-order valence-corrected chi connectivity index (χ4v) is 4.10. The van der Waals surface area contributed by atoms with E-state index in [1.165, 1.54) is 21.7 Å². The summed E-state index contributed by atoms with van der Waals surface area (Å²) in [6.45, 7) is 0.885. The molecule has 0 fully saturated rings. The third-order valence-corrected chi connectivity index (χ3v) is 5.69. The molecule has 0 aliphatic rings. The summed E-state index contributed by atoms with van der Waals surface area (Å²) in [6.07, 6.45) is 0.971. The fourth-order valence-electron chi connectivity index (χ4n) is 4.10. The number of benzene rings is 4. The Hall–Kier alpha value is -3.65. The van der Waals surface area contributed by atoms with E-state index in [4.69, 9.17) is 4.98 Å². The molecular weight excluding hydrogens is 364 g/mol. The maximum Gasteiger partial charge on any atom is 0.0705 e. The number of aromatic nitrogens is 1. The van der Waals surface area contributed by atoms with Gasteiger partial charge in [0.1, 0.15) is 0 Å². The van der Waals surface area contributed by atoms with Crippen molar-refractivity contribution in [3.8, 4) is 0 Å². The molecule has 1 aromatic heterocycles. The van der Waals surface area contributed by atoms with Crippen molar-refractivity contribution >= 4 is 27.4 Å². The molecule has 0 saturated carbocycles. The lowest BCUT2D eigenvalue weighted by molar-refractivity contribution is 0.726. The Bertz CT molecular complexity index is 1200. The van der Waals surface area contributed by atoms with Gasteiger partial charge in [-0.05, 0) is 47.0 Å². The van der Waals surface area contributed by atoms with E-state index < -0.39 is 0 Å². The first-order valence-electron chi connectivity index (χ1n) is 10.5. The highest BCUT2D eigenvalue weighted by atomic mass is 14.9. The second-order valence-electron chi connectivity index (χ2n) is 7.67. The van der Waals surface area contributed by atoms with E-state index in [0.29, 0.717) is 0 Å². The number of pyridine rings is 1. The minimum absolute atomic E-state index is 0.232. The Morgan fingerprint density at radius 3 is 2.20 bits per heavy atom. The third kappa shape index (κ3) is 3.90. The van der Waals surface area contributed by atoms with Crippen LogP contribution in [0, 0.1) is 0 Å². The highest BCUT2D eigenvalue weighted by Crippen LogP contribution is 2.30. The number of rotatable bonds is 6. The van der Waals surface area contributed by atoms with Crippen molar-refractivity contribution in [3.05, 3.63) is 120 Å². The fraction of sp³-hybridized carbons (Fsp3) is 0.107. The summed E-state index contributed by atoms with van der Waals surface area (Å²) >= 11 is 0. The maximum atomic E-state index is 5.03. The van der Waals surface area contributed by atoms with Gasteiger partial charge in [-0.2, -0.15) is 0 Å². The molecule has 2 heteroatoms. The average Bonchev–Trinajstić information content (AvgIpc) is 2.82. The van der Waals surface area contributed by atoms with Crippen molar-refractivity contribution in [2.75, 3.05) is 11.9 Å². The normalized spacial score (nSPS) is 12.1. The van der Waals surface area contributed by atoms with Gasteiger partial charge in [-0.1, -0.05) is 84.9 Å². The third-order valence-electron chi connectivity index (χ3n) is 5.69. The molecule has 1 N–H and O–H groups in total. The van der Waals surface area contributed by atoms with Crippen LogP contribution in [0.5, 0.6) is 0 Å². The SMILES string of the molecule is c1ccc(NCC[C@H](c2ccc3ccccc3c2)c2ccc3ccccc3n2)cc1. The molecule has 4 aromatic carbocycles. The standard InChI is InChI=1S/C28H24N2/c1-2-11-25(12-3-1)29-19-18-26(24-15-14-21-8-4-5-10-23(21)20-24)28-17-16-22-9-6-7-13-27(22)30-28/h1-17,20,26,29H,18-19H2/t26-/m1/s1. The summed E-state index contributed by atoms with van der Waals surface area (Å²) in [5, 5.41) is 7.29. The monoisotopic (exact) mass is 388 g/mol. The minimum Gasteiger partial charge on any atom is -0.385 e. The number of hydrogen-bond donors (Lipinski definition) is 1. The molecule has 146 valence electrons. The number of hydrogen-bond acceptors (Lipinski definition) is 2. The lowest BCUT2D eigenvalue weighted by Crippen LogP contribution is -2.11. The van der Waals surface area contributed by atoms with Crippen molar-refractivity contribution in [1.82, 2.24) is 4.98 Å². The van der Waals surface area contributed by atoms with E-state index >= 15 is 0 Å². The van der Waals surface area contributed by atoms with E-state index in [1.54, 1.807) is 0 Å². The second kappa shape index (κ2) is 8.38. The zero-order valence-electron chi connectivity index (χ0n) is 16.8. The van der Waals surface area contributed by atoms with Gasteiger partial charge in [-0.3, -0.25) is 4.98 Å². The molecule has 5 rings (SSSR count). The summed E-state index contributed by atoms with van der Waals surface area (Å²) in [4.78, 5) is 5.03. The van der Waals surface area contributed by atoms with Crippen LogP contribution in [0.25, 0.3) is 21.7 Å². The predicted octanol–water partition coefficient (Wildman–Crippen LogP) is 7.02. The molecule has 2 nitrogen and oxygen atoms in total. The van der Waals surface area contributed by atoms with Crippen molar-refractivity contribution in [2.24, 2.45) is 0 Å². The molecule has 30 heavy (non-hydrogen) atoms. The molecule has 1 heterocycles. The largest absolute Gasteiger partial charge is 0.385 e. The van der Waals surface area contributed by atoms with Crippen molar-refractivity contribution in [3.63, 3.8) is 0 Å².